The van der Waals surface area contributed by atoms with Crippen LogP contribution in [0.4, 0.5) is 0 Å². The Balaban J connectivity index is 0.00000392. The van der Waals surface area contributed by atoms with Gasteiger partial charge in [0.25, 0.3) is 0 Å². The van der Waals surface area contributed by atoms with Gasteiger partial charge >= 0.3 is 0 Å². The van der Waals surface area contributed by atoms with E-state index in [0.717, 1.165) is 11.3 Å². The van der Waals surface area contributed by atoms with Gasteiger partial charge in [-0.15, -0.1) is 24.0 Å². The van der Waals surface area contributed by atoms with Gasteiger partial charge in [-0.3, -0.25) is 4.99 Å². The van der Waals surface area contributed by atoms with Gasteiger partial charge in [-0.05, 0) is 6.07 Å². The molecule has 0 unspecified atom stereocenters. The lowest BCUT2D eigenvalue weighted by molar-refractivity contribution is 0.368. The fourth-order valence-electron chi connectivity index (χ4n) is 2.58. The summed E-state index contributed by atoms with van der Waals surface area (Å²) in [5.74, 6) is 2.60. The number of nitrogens with one attached hydrogen (secondary N) is 2. The van der Waals surface area contributed by atoms with Crippen LogP contribution in [-0.4, -0.2) is 38.9 Å². The third-order valence-corrected chi connectivity index (χ3v) is 4.97. The van der Waals surface area contributed by atoms with Gasteiger partial charge in [-0.2, -0.15) is 0 Å². The van der Waals surface area contributed by atoms with Gasteiger partial charge < -0.3 is 29.4 Å². The molecule has 7 nitrogen and oxygen atoms in total. The van der Waals surface area contributed by atoms with E-state index >= 15 is 0 Å². The summed E-state index contributed by atoms with van der Waals surface area (Å²) >= 11 is 12.2. The number of nitrogens with zero attached hydrogens (tertiary/aromatic N) is 2. The zero-order valence-electron chi connectivity index (χ0n) is 16.4. The fraction of sp³-hybridized carbons (Fsp3) is 0.389. The van der Waals surface area contributed by atoms with E-state index in [1.807, 2.05) is 29.8 Å². The molecule has 1 heterocycles. The summed E-state index contributed by atoms with van der Waals surface area (Å²) in [6.45, 7) is 0.962. The maximum atomic E-state index is 6.10. The maximum absolute atomic E-state index is 6.10. The smallest absolute Gasteiger partial charge is 0.191 e. The lowest BCUT2D eigenvalue weighted by Crippen LogP contribution is -2.36. The van der Waals surface area contributed by atoms with Gasteiger partial charge in [-0.1, -0.05) is 23.2 Å². The first kappa shape index (κ1) is 24.5. The Bertz CT molecular complexity index is 802. The molecular weight excluding hydrogens is 518 g/mol. The number of hydrogen-bond acceptors (Lipinski definition) is 4. The minimum Gasteiger partial charge on any atom is -0.496 e. The van der Waals surface area contributed by atoms with Crippen molar-refractivity contribution >= 4 is 53.1 Å². The topological polar surface area (TPSA) is 69.0 Å². The second kappa shape index (κ2) is 11.5. The first-order chi connectivity index (χ1) is 12.9. The number of hydrogen-bond donors (Lipinski definition) is 2. The molecule has 1 aromatic carbocycles. The zero-order chi connectivity index (χ0) is 20.0. The Hall–Kier alpha value is -1.52. The molecule has 10 heteroatoms. The van der Waals surface area contributed by atoms with Crippen LogP contribution in [0.1, 0.15) is 11.3 Å². The predicted molar refractivity (Wildman–Crippen MR) is 124 cm³/mol. The predicted octanol–water partition coefficient (Wildman–Crippen LogP) is 3.84. The summed E-state index contributed by atoms with van der Waals surface area (Å²) in [6, 6.07) is 5.44. The molecule has 0 atom stereocenters. The van der Waals surface area contributed by atoms with E-state index in [1.165, 1.54) is 0 Å². The summed E-state index contributed by atoms with van der Waals surface area (Å²) in [4.78, 5) is 4.23. The van der Waals surface area contributed by atoms with Gasteiger partial charge in [0.15, 0.2) is 5.96 Å². The van der Waals surface area contributed by atoms with Crippen LogP contribution in [0.25, 0.3) is 0 Å². The van der Waals surface area contributed by atoms with Gasteiger partial charge in [0, 0.05) is 31.9 Å². The lowest BCUT2D eigenvalue weighted by Gasteiger charge is -2.17. The Labute approximate surface area is 192 Å². The number of halogens is 3. The molecule has 0 aliphatic rings. The SMILES string of the molecule is CN=C(NCc1c(OC)cc(OC)cc1OC)NCc1cc(Cl)c(Cl)n1C.I. The molecule has 0 amide bonds. The van der Waals surface area contributed by atoms with Crippen molar-refractivity contribution in [1.82, 2.24) is 15.2 Å². The molecule has 156 valence electrons. The van der Waals surface area contributed by atoms with Crippen molar-refractivity contribution in [2.75, 3.05) is 28.4 Å². The van der Waals surface area contributed by atoms with E-state index < -0.39 is 0 Å². The third-order valence-electron chi connectivity index (χ3n) is 4.13. The molecule has 28 heavy (non-hydrogen) atoms. The number of aromatic nitrogens is 1. The number of aliphatic imine (C=N–C) groups is 1. The first-order valence-corrected chi connectivity index (χ1v) is 8.93. The molecule has 1 aromatic heterocycles. The Kier molecular flexibility index (Phi) is 10.0. The van der Waals surface area contributed by atoms with Crippen molar-refractivity contribution in [2.24, 2.45) is 12.0 Å². The van der Waals surface area contributed by atoms with Crippen LogP contribution in [0.5, 0.6) is 17.2 Å². The second-order valence-corrected chi connectivity index (χ2v) is 6.39. The average Bonchev–Trinajstić information content (AvgIpc) is 2.94. The molecule has 0 saturated carbocycles. The summed E-state index contributed by atoms with van der Waals surface area (Å²) in [5.41, 5.74) is 1.79. The van der Waals surface area contributed by atoms with Gasteiger partial charge in [0.05, 0.1) is 45.0 Å². The fourth-order valence-corrected chi connectivity index (χ4v) is 2.99. The number of rotatable bonds is 7. The molecule has 0 aliphatic carbocycles. The van der Waals surface area contributed by atoms with Gasteiger partial charge in [0.2, 0.25) is 0 Å². The highest BCUT2D eigenvalue weighted by Crippen LogP contribution is 2.33. The molecule has 0 fully saturated rings. The van der Waals surface area contributed by atoms with Crippen molar-refractivity contribution in [3.05, 3.63) is 39.6 Å². The van der Waals surface area contributed by atoms with E-state index in [0.29, 0.717) is 46.5 Å². The van der Waals surface area contributed by atoms with Crippen molar-refractivity contribution in [3.8, 4) is 17.2 Å². The number of guanidine groups is 1. The Morgan fingerprint density at radius 3 is 2.00 bits per heavy atom. The summed E-state index contributed by atoms with van der Waals surface area (Å²) < 4.78 is 18.0. The van der Waals surface area contributed by atoms with E-state index in [1.54, 1.807) is 28.4 Å². The van der Waals surface area contributed by atoms with Crippen molar-refractivity contribution < 1.29 is 14.2 Å². The van der Waals surface area contributed by atoms with E-state index in [2.05, 4.69) is 15.6 Å². The molecule has 0 saturated heterocycles. The molecule has 2 rings (SSSR count). The minimum atomic E-state index is 0. The van der Waals surface area contributed by atoms with Crippen LogP contribution in [0.2, 0.25) is 10.2 Å². The zero-order valence-corrected chi connectivity index (χ0v) is 20.3. The summed E-state index contributed by atoms with van der Waals surface area (Å²) in [7, 11) is 8.36. The normalized spacial score (nSPS) is 10.9. The van der Waals surface area contributed by atoms with E-state index in [4.69, 9.17) is 37.4 Å². The third kappa shape index (κ3) is 5.74. The highest BCUT2D eigenvalue weighted by molar-refractivity contribution is 14.0. The first-order valence-electron chi connectivity index (χ1n) is 8.18. The highest BCUT2D eigenvalue weighted by atomic mass is 127. The second-order valence-electron chi connectivity index (χ2n) is 5.62. The minimum absolute atomic E-state index is 0. The van der Waals surface area contributed by atoms with Crippen LogP contribution in [0, 0.1) is 0 Å². The molecular formula is C18H25Cl2IN4O3. The van der Waals surface area contributed by atoms with E-state index in [9.17, 15) is 0 Å². The molecule has 0 spiro atoms. The van der Waals surface area contributed by atoms with Crippen LogP contribution in [-0.2, 0) is 20.1 Å². The summed E-state index contributed by atoms with van der Waals surface area (Å²) in [5, 5.41) is 7.50. The number of methoxy groups -OCH3 is 3. The average molecular weight is 543 g/mol. The van der Waals surface area contributed by atoms with Gasteiger partial charge in [0.1, 0.15) is 22.4 Å². The monoisotopic (exact) mass is 542 g/mol. The van der Waals surface area contributed by atoms with E-state index in [-0.39, 0.29) is 24.0 Å². The van der Waals surface area contributed by atoms with Crippen LogP contribution >= 0.6 is 47.2 Å². The standard InChI is InChI=1S/C18H24Cl2N4O3.HI/c1-21-18(22-9-11-6-14(19)17(20)24(11)2)23-10-13-15(26-4)7-12(25-3)8-16(13)27-5;/h6-8H,9-10H2,1-5H3,(H2,21,22,23);1H. The molecule has 0 radical (unpaired) electrons. The molecule has 2 N–H and O–H groups in total. The van der Waals surface area contributed by atoms with Crippen molar-refractivity contribution in [2.45, 2.75) is 13.1 Å². The highest BCUT2D eigenvalue weighted by Gasteiger charge is 2.14. The van der Waals surface area contributed by atoms with Crippen LogP contribution in [0.15, 0.2) is 23.2 Å². The molecule has 0 bridgehead atoms. The number of ether oxygens (including phenoxy) is 3. The van der Waals surface area contributed by atoms with Gasteiger partial charge in [-0.25, -0.2) is 0 Å². The molecule has 0 aliphatic heterocycles. The lowest BCUT2D eigenvalue weighted by atomic mass is 10.1. The Morgan fingerprint density at radius 2 is 1.57 bits per heavy atom. The maximum Gasteiger partial charge on any atom is 0.191 e. The van der Waals surface area contributed by atoms with Crippen molar-refractivity contribution in [1.29, 1.82) is 0 Å². The largest absolute Gasteiger partial charge is 0.496 e. The Morgan fingerprint density at radius 1 is 1.00 bits per heavy atom. The van der Waals surface area contributed by atoms with Crippen molar-refractivity contribution in [3.63, 3.8) is 0 Å². The summed E-state index contributed by atoms with van der Waals surface area (Å²) in [6.07, 6.45) is 0. The van der Waals surface area contributed by atoms with Crippen LogP contribution < -0.4 is 24.8 Å². The van der Waals surface area contributed by atoms with Crippen LogP contribution in [0.3, 0.4) is 0 Å². The number of benzene rings is 1. The molecule has 2 aromatic rings. The quantitative estimate of drug-likeness (QED) is 0.316.